The molecule has 5 heteroatoms. The van der Waals surface area contributed by atoms with Crippen molar-refractivity contribution in [2.45, 2.75) is 45.2 Å². The van der Waals surface area contributed by atoms with E-state index in [1.54, 1.807) is 13.3 Å². The van der Waals surface area contributed by atoms with Gasteiger partial charge in [0.05, 0.1) is 25.0 Å². The summed E-state index contributed by atoms with van der Waals surface area (Å²) in [6.45, 7) is 7.67. The number of likely N-dealkylation sites (N-methyl/N-ethyl adjacent to an activating group) is 1. The van der Waals surface area contributed by atoms with Crippen molar-refractivity contribution in [2.75, 3.05) is 27.7 Å². The normalized spacial score (nSPS) is 16.2. The standard InChI is InChI=1S/C15H30N4O/c1-8-10-16-14(15(3,9-2)18(4)5)13-12(20-7)11-17-19(13)6/h11,14,16H,8-10H2,1-7H3. The molecule has 1 N–H and O–H groups in total. The highest BCUT2D eigenvalue weighted by molar-refractivity contribution is 5.31. The molecule has 0 bridgehead atoms. The second-order valence-electron chi connectivity index (χ2n) is 5.71. The van der Waals surface area contributed by atoms with E-state index in [-0.39, 0.29) is 11.6 Å². The van der Waals surface area contributed by atoms with Crippen molar-refractivity contribution in [3.05, 3.63) is 11.9 Å². The van der Waals surface area contributed by atoms with Gasteiger partial charge < -0.3 is 15.0 Å². The van der Waals surface area contributed by atoms with Crippen LogP contribution in [0.5, 0.6) is 5.75 Å². The number of rotatable bonds is 8. The van der Waals surface area contributed by atoms with Crippen molar-refractivity contribution >= 4 is 0 Å². The summed E-state index contributed by atoms with van der Waals surface area (Å²) in [4.78, 5) is 2.28. The van der Waals surface area contributed by atoms with Crippen molar-refractivity contribution in [2.24, 2.45) is 7.05 Å². The fourth-order valence-corrected chi connectivity index (χ4v) is 2.59. The fraction of sp³-hybridized carbons (Fsp3) is 0.800. The summed E-state index contributed by atoms with van der Waals surface area (Å²) in [5.74, 6) is 0.850. The summed E-state index contributed by atoms with van der Waals surface area (Å²) in [7, 11) is 7.94. The highest BCUT2D eigenvalue weighted by Crippen LogP contribution is 2.36. The molecule has 0 aromatic carbocycles. The molecule has 1 aromatic heterocycles. The Morgan fingerprint density at radius 2 is 2.10 bits per heavy atom. The van der Waals surface area contributed by atoms with Crippen molar-refractivity contribution in [1.29, 1.82) is 0 Å². The molecule has 0 fully saturated rings. The third-order valence-corrected chi connectivity index (χ3v) is 4.40. The van der Waals surface area contributed by atoms with E-state index in [1.165, 1.54) is 0 Å². The Bertz CT molecular complexity index is 416. The third-order valence-electron chi connectivity index (χ3n) is 4.40. The first kappa shape index (κ1) is 17.0. The van der Waals surface area contributed by atoms with Crippen LogP contribution in [-0.2, 0) is 7.05 Å². The van der Waals surface area contributed by atoms with Gasteiger partial charge in [0.15, 0.2) is 5.75 Å². The molecular weight excluding hydrogens is 252 g/mol. The van der Waals surface area contributed by atoms with E-state index in [2.05, 4.69) is 50.2 Å². The van der Waals surface area contributed by atoms with Gasteiger partial charge in [0.2, 0.25) is 0 Å². The largest absolute Gasteiger partial charge is 0.493 e. The molecule has 5 nitrogen and oxygen atoms in total. The molecule has 0 saturated heterocycles. The topological polar surface area (TPSA) is 42.3 Å². The maximum Gasteiger partial charge on any atom is 0.161 e. The predicted octanol–water partition coefficient (Wildman–Crippen LogP) is 2.20. The van der Waals surface area contributed by atoms with E-state index in [4.69, 9.17) is 4.74 Å². The van der Waals surface area contributed by atoms with E-state index < -0.39 is 0 Å². The molecule has 2 unspecified atom stereocenters. The van der Waals surface area contributed by atoms with Crippen LogP contribution >= 0.6 is 0 Å². The number of nitrogens with zero attached hydrogens (tertiary/aromatic N) is 3. The Morgan fingerprint density at radius 1 is 1.45 bits per heavy atom. The molecule has 0 spiro atoms. The highest BCUT2D eigenvalue weighted by atomic mass is 16.5. The van der Waals surface area contributed by atoms with E-state index in [0.29, 0.717) is 0 Å². The maximum atomic E-state index is 5.50. The van der Waals surface area contributed by atoms with Gasteiger partial charge in [-0.2, -0.15) is 5.10 Å². The number of nitrogens with one attached hydrogen (secondary N) is 1. The lowest BCUT2D eigenvalue weighted by Gasteiger charge is -2.43. The zero-order chi connectivity index (χ0) is 15.3. The molecule has 1 rings (SSSR count). The number of aryl methyl sites for hydroxylation is 1. The number of hydrogen-bond acceptors (Lipinski definition) is 4. The van der Waals surface area contributed by atoms with Gasteiger partial charge in [0.25, 0.3) is 0 Å². The van der Waals surface area contributed by atoms with Crippen LogP contribution in [0.3, 0.4) is 0 Å². The quantitative estimate of drug-likeness (QED) is 0.794. The fourth-order valence-electron chi connectivity index (χ4n) is 2.59. The SMILES string of the molecule is CCCNC(c1c(OC)cnn1C)C(C)(CC)N(C)C. The van der Waals surface area contributed by atoms with Crippen LogP contribution in [-0.4, -0.2) is 48.0 Å². The number of methoxy groups -OCH3 is 1. The zero-order valence-electron chi connectivity index (χ0n) is 14.0. The Kier molecular flexibility index (Phi) is 6.02. The minimum Gasteiger partial charge on any atom is -0.493 e. The van der Waals surface area contributed by atoms with Gasteiger partial charge in [-0.1, -0.05) is 13.8 Å². The summed E-state index contributed by atoms with van der Waals surface area (Å²) in [5, 5.41) is 8.03. The molecule has 1 heterocycles. The third kappa shape index (κ3) is 3.15. The molecule has 2 atom stereocenters. The Morgan fingerprint density at radius 3 is 2.55 bits per heavy atom. The van der Waals surface area contributed by atoms with Crippen molar-refractivity contribution in [1.82, 2.24) is 20.0 Å². The highest BCUT2D eigenvalue weighted by Gasteiger charge is 2.38. The second kappa shape index (κ2) is 7.09. The van der Waals surface area contributed by atoms with Crippen LogP contribution < -0.4 is 10.1 Å². The lowest BCUT2D eigenvalue weighted by Crippen LogP contribution is -2.52. The van der Waals surface area contributed by atoms with Crippen LogP contribution in [0.4, 0.5) is 0 Å². The molecule has 0 aliphatic heterocycles. The van der Waals surface area contributed by atoms with Gasteiger partial charge in [-0.15, -0.1) is 0 Å². The molecule has 20 heavy (non-hydrogen) atoms. The van der Waals surface area contributed by atoms with Crippen molar-refractivity contribution < 1.29 is 4.74 Å². The minimum atomic E-state index is -0.00373. The average molecular weight is 282 g/mol. The number of hydrogen-bond donors (Lipinski definition) is 1. The van der Waals surface area contributed by atoms with E-state index >= 15 is 0 Å². The summed E-state index contributed by atoms with van der Waals surface area (Å²) >= 11 is 0. The first-order chi connectivity index (χ1) is 9.42. The number of aromatic nitrogens is 2. The number of ether oxygens (including phenoxy) is 1. The van der Waals surface area contributed by atoms with Crippen molar-refractivity contribution in [3.63, 3.8) is 0 Å². The van der Waals surface area contributed by atoms with Crippen LogP contribution in [0.1, 0.15) is 45.3 Å². The molecule has 116 valence electrons. The van der Waals surface area contributed by atoms with Crippen LogP contribution in [0.15, 0.2) is 6.20 Å². The summed E-state index contributed by atoms with van der Waals surface area (Å²) in [6.07, 6.45) is 3.93. The second-order valence-corrected chi connectivity index (χ2v) is 5.71. The molecule has 0 aliphatic rings. The summed E-state index contributed by atoms with van der Waals surface area (Å²) in [5.41, 5.74) is 1.11. The summed E-state index contributed by atoms with van der Waals surface area (Å²) < 4.78 is 7.42. The molecular formula is C15H30N4O. The lowest BCUT2D eigenvalue weighted by atomic mass is 9.85. The molecule has 1 aromatic rings. The first-order valence-electron chi connectivity index (χ1n) is 7.39. The van der Waals surface area contributed by atoms with Crippen LogP contribution in [0.25, 0.3) is 0 Å². The van der Waals surface area contributed by atoms with Gasteiger partial charge in [-0.05, 0) is 40.4 Å². The van der Waals surface area contributed by atoms with Crippen LogP contribution in [0.2, 0.25) is 0 Å². The Balaban J connectivity index is 3.27. The van der Waals surface area contributed by atoms with Gasteiger partial charge in [-0.3, -0.25) is 4.68 Å². The van der Waals surface area contributed by atoms with Gasteiger partial charge >= 0.3 is 0 Å². The van der Waals surface area contributed by atoms with Crippen molar-refractivity contribution in [3.8, 4) is 5.75 Å². The Hall–Kier alpha value is -1.07. The Labute approximate surface area is 123 Å². The van der Waals surface area contributed by atoms with Crippen LogP contribution in [0, 0.1) is 0 Å². The van der Waals surface area contributed by atoms with Gasteiger partial charge in [0.1, 0.15) is 0 Å². The molecule has 0 saturated carbocycles. The summed E-state index contributed by atoms with van der Waals surface area (Å²) in [6, 6.07) is 0.171. The predicted molar refractivity (Wildman–Crippen MR) is 83.2 cm³/mol. The smallest absolute Gasteiger partial charge is 0.161 e. The molecule has 0 radical (unpaired) electrons. The van der Waals surface area contributed by atoms with Gasteiger partial charge in [-0.25, -0.2) is 0 Å². The molecule has 0 aliphatic carbocycles. The van der Waals surface area contributed by atoms with Gasteiger partial charge in [0, 0.05) is 12.6 Å². The molecule has 0 amide bonds. The first-order valence-corrected chi connectivity index (χ1v) is 7.39. The monoisotopic (exact) mass is 282 g/mol. The van der Waals surface area contributed by atoms with E-state index in [9.17, 15) is 0 Å². The maximum absolute atomic E-state index is 5.50. The minimum absolute atomic E-state index is 0.00373. The zero-order valence-corrected chi connectivity index (χ0v) is 14.0. The average Bonchev–Trinajstić information content (AvgIpc) is 2.80. The van der Waals surface area contributed by atoms with E-state index in [1.807, 2.05) is 11.7 Å². The lowest BCUT2D eigenvalue weighted by molar-refractivity contribution is 0.107. The van der Waals surface area contributed by atoms with E-state index in [0.717, 1.165) is 30.8 Å².